The summed E-state index contributed by atoms with van der Waals surface area (Å²) < 4.78 is 0. The topological polar surface area (TPSA) is 18.5 Å². The van der Waals surface area contributed by atoms with Crippen LogP contribution in [0.15, 0.2) is 0 Å². The minimum Gasteiger partial charge on any atom is -0.314 e. The van der Waals surface area contributed by atoms with Gasteiger partial charge in [0.25, 0.3) is 0 Å². The third kappa shape index (κ3) is 6.88. The smallest absolute Gasteiger partial charge is 0.0106 e. The van der Waals surface area contributed by atoms with Gasteiger partial charge in [0.2, 0.25) is 0 Å². The van der Waals surface area contributed by atoms with Gasteiger partial charge < -0.3 is 15.1 Å². The Morgan fingerprint density at radius 1 is 1.20 bits per heavy atom. The molecule has 15 heavy (non-hydrogen) atoms. The lowest BCUT2D eigenvalue weighted by Crippen LogP contribution is -2.35. The second-order valence-electron chi connectivity index (χ2n) is 5.35. The number of nitrogens with zero attached hydrogens (tertiary/aromatic N) is 2. The molecule has 0 heterocycles. The maximum absolute atomic E-state index is 3.59. The van der Waals surface area contributed by atoms with Crippen LogP contribution >= 0.6 is 0 Å². The number of nitrogens with one attached hydrogen (secondary N) is 1. The van der Waals surface area contributed by atoms with Crippen LogP contribution in [0.3, 0.4) is 0 Å². The molecule has 1 N–H and O–H groups in total. The number of likely N-dealkylation sites (N-methyl/N-ethyl adjacent to an activating group) is 2. The zero-order valence-electron chi connectivity index (χ0n) is 10.8. The summed E-state index contributed by atoms with van der Waals surface area (Å²) in [5.74, 6) is 0.762. The normalized spacial score (nSPS) is 18.8. The van der Waals surface area contributed by atoms with Gasteiger partial charge >= 0.3 is 0 Å². The van der Waals surface area contributed by atoms with Crippen molar-refractivity contribution < 1.29 is 0 Å². The Morgan fingerprint density at radius 3 is 2.40 bits per heavy atom. The summed E-state index contributed by atoms with van der Waals surface area (Å²) in [6.45, 7) is 7.03. The van der Waals surface area contributed by atoms with E-state index in [1.54, 1.807) is 0 Å². The summed E-state index contributed by atoms with van der Waals surface area (Å²) in [4.78, 5) is 4.67. The van der Waals surface area contributed by atoms with Crippen molar-refractivity contribution in [3.8, 4) is 0 Å². The maximum Gasteiger partial charge on any atom is 0.0106 e. The average Bonchev–Trinajstić information content (AvgIpc) is 2.95. The second kappa shape index (κ2) is 6.46. The van der Waals surface area contributed by atoms with Crippen molar-refractivity contribution >= 4 is 0 Å². The minimum atomic E-state index is 0.762. The molecule has 90 valence electrons. The van der Waals surface area contributed by atoms with E-state index in [0.29, 0.717) is 0 Å². The summed E-state index contributed by atoms with van der Waals surface area (Å²) in [7, 11) is 6.48. The van der Waals surface area contributed by atoms with Crippen molar-refractivity contribution in [3.05, 3.63) is 0 Å². The molecule has 1 aliphatic carbocycles. The van der Waals surface area contributed by atoms with Gasteiger partial charge in [-0.25, -0.2) is 0 Å². The Kier molecular flexibility index (Phi) is 5.58. The van der Waals surface area contributed by atoms with Crippen LogP contribution < -0.4 is 5.32 Å². The molecule has 0 radical (unpaired) electrons. The molecule has 1 fully saturated rings. The molecular formula is C12H27N3. The van der Waals surface area contributed by atoms with Crippen LogP contribution in [0.25, 0.3) is 0 Å². The zero-order chi connectivity index (χ0) is 11.3. The fraction of sp³-hybridized carbons (Fsp3) is 1.00. The molecule has 0 aromatic heterocycles. The first kappa shape index (κ1) is 12.9. The highest BCUT2D eigenvalue weighted by Crippen LogP contribution is 2.18. The second-order valence-corrected chi connectivity index (χ2v) is 5.35. The van der Waals surface area contributed by atoms with Gasteiger partial charge in [0.15, 0.2) is 0 Å². The molecule has 0 aliphatic heterocycles. The van der Waals surface area contributed by atoms with E-state index in [9.17, 15) is 0 Å². The van der Waals surface area contributed by atoms with Gasteiger partial charge in [-0.3, -0.25) is 0 Å². The molecule has 0 aromatic rings. The molecule has 1 saturated carbocycles. The molecule has 0 aromatic carbocycles. The lowest BCUT2D eigenvalue weighted by molar-refractivity contribution is 0.249. The summed E-state index contributed by atoms with van der Waals surface area (Å²) in [6, 6.07) is 0.847. The van der Waals surface area contributed by atoms with Crippen LogP contribution in [0.4, 0.5) is 0 Å². The van der Waals surface area contributed by atoms with E-state index in [1.807, 2.05) is 0 Å². The summed E-state index contributed by atoms with van der Waals surface area (Å²) in [5.41, 5.74) is 0. The standard InChI is InChI=1S/C12H27N3/c1-11(9-13-12-5-6-12)10-15(4)8-7-14(2)3/h11-13H,5-10H2,1-4H3. The molecule has 1 rings (SSSR count). The third-order valence-corrected chi connectivity index (χ3v) is 2.88. The predicted octanol–water partition coefficient (Wildman–Crippen LogP) is 0.868. The van der Waals surface area contributed by atoms with Crippen LogP contribution in [-0.4, -0.2) is 63.2 Å². The molecule has 3 heteroatoms. The molecule has 3 nitrogen and oxygen atoms in total. The fourth-order valence-electron chi connectivity index (χ4n) is 1.71. The van der Waals surface area contributed by atoms with Crippen LogP contribution in [0.1, 0.15) is 19.8 Å². The Morgan fingerprint density at radius 2 is 1.87 bits per heavy atom. The maximum atomic E-state index is 3.59. The SMILES string of the molecule is CC(CNC1CC1)CN(C)CCN(C)C. The molecule has 0 saturated heterocycles. The summed E-state index contributed by atoms with van der Waals surface area (Å²) in [5, 5.41) is 3.59. The van der Waals surface area contributed by atoms with E-state index in [4.69, 9.17) is 0 Å². The largest absolute Gasteiger partial charge is 0.314 e. The molecule has 0 spiro atoms. The van der Waals surface area contributed by atoms with Gasteiger partial charge in [-0.15, -0.1) is 0 Å². The van der Waals surface area contributed by atoms with Gasteiger partial charge in [-0.1, -0.05) is 6.92 Å². The third-order valence-electron chi connectivity index (χ3n) is 2.88. The Bertz CT molecular complexity index is 156. The lowest BCUT2D eigenvalue weighted by atomic mass is 10.1. The van der Waals surface area contributed by atoms with E-state index >= 15 is 0 Å². The number of hydrogen-bond donors (Lipinski definition) is 1. The average molecular weight is 213 g/mol. The minimum absolute atomic E-state index is 0.762. The highest BCUT2D eigenvalue weighted by molar-refractivity contribution is 4.81. The van der Waals surface area contributed by atoms with Gasteiger partial charge in [-0.05, 0) is 46.4 Å². The molecule has 1 aliphatic rings. The molecular weight excluding hydrogens is 186 g/mol. The van der Waals surface area contributed by atoms with Crippen molar-refractivity contribution in [1.82, 2.24) is 15.1 Å². The lowest BCUT2D eigenvalue weighted by Gasteiger charge is -2.23. The van der Waals surface area contributed by atoms with Crippen molar-refractivity contribution in [2.24, 2.45) is 5.92 Å². The molecule has 0 bridgehead atoms. The highest BCUT2D eigenvalue weighted by atomic mass is 15.1. The van der Waals surface area contributed by atoms with Gasteiger partial charge in [0, 0.05) is 25.7 Å². The first-order valence-corrected chi connectivity index (χ1v) is 6.14. The molecule has 0 amide bonds. The molecule has 1 atom stereocenters. The molecule has 1 unspecified atom stereocenters. The van der Waals surface area contributed by atoms with E-state index in [-0.39, 0.29) is 0 Å². The van der Waals surface area contributed by atoms with Crippen molar-refractivity contribution in [2.75, 3.05) is 47.3 Å². The van der Waals surface area contributed by atoms with Crippen molar-refractivity contribution in [2.45, 2.75) is 25.8 Å². The first-order chi connectivity index (χ1) is 7.08. The van der Waals surface area contributed by atoms with E-state index < -0.39 is 0 Å². The monoisotopic (exact) mass is 213 g/mol. The Hall–Kier alpha value is -0.120. The quantitative estimate of drug-likeness (QED) is 0.645. The highest BCUT2D eigenvalue weighted by Gasteiger charge is 2.20. The zero-order valence-corrected chi connectivity index (χ0v) is 10.8. The van der Waals surface area contributed by atoms with Crippen LogP contribution in [-0.2, 0) is 0 Å². The van der Waals surface area contributed by atoms with E-state index in [0.717, 1.165) is 18.5 Å². The summed E-state index contributed by atoms with van der Waals surface area (Å²) >= 11 is 0. The van der Waals surface area contributed by atoms with E-state index in [1.165, 1.54) is 32.5 Å². The number of rotatable bonds is 8. The van der Waals surface area contributed by atoms with Gasteiger partial charge in [0.1, 0.15) is 0 Å². The van der Waals surface area contributed by atoms with Gasteiger partial charge in [0.05, 0.1) is 0 Å². The fourth-order valence-corrected chi connectivity index (χ4v) is 1.71. The Labute approximate surface area is 94.8 Å². The predicted molar refractivity (Wildman–Crippen MR) is 66.2 cm³/mol. The van der Waals surface area contributed by atoms with Gasteiger partial charge in [-0.2, -0.15) is 0 Å². The van der Waals surface area contributed by atoms with Crippen LogP contribution in [0, 0.1) is 5.92 Å². The van der Waals surface area contributed by atoms with Crippen LogP contribution in [0.5, 0.6) is 0 Å². The summed E-state index contributed by atoms with van der Waals surface area (Å²) in [6.07, 6.45) is 2.78. The van der Waals surface area contributed by atoms with Crippen molar-refractivity contribution in [1.29, 1.82) is 0 Å². The van der Waals surface area contributed by atoms with Crippen LogP contribution in [0.2, 0.25) is 0 Å². The Balaban J connectivity index is 1.99. The van der Waals surface area contributed by atoms with E-state index in [2.05, 4.69) is 43.2 Å². The number of hydrogen-bond acceptors (Lipinski definition) is 3. The van der Waals surface area contributed by atoms with Crippen molar-refractivity contribution in [3.63, 3.8) is 0 Å². The first-order valence-electron chi connectivity index (χ1n) is 6.14.